The zero-order valence-corrected chi connectivity index (χ0v) is 25.6. The van der Waals surface area contributed by atoms with Crippen LogP contribution in [-0.4, -0.2) is 29.6 Å². The third-order valence-corrected chi connectivity index (χ3v) is 7.78. The van der Waals surface area contributed by atoms with Crippen LogP contribution in [0.15, 0.2) is 108 Å². The Morgan fingerprint density at radius 3 is 2.21 bits per heavy atom. The van der Waals surface area contributed by atoms with Crippen LogP contribution in [0.3, 0.4) is 0 Å². The summed E-state index contributed by atoms with van der Waals surface area (Å²) in [6.45, 7) is 6.17. The minimum absolute atomic E-state index is 0.0815. The van der Waals surface area contributed by atoms with Crippen LogP contribution in [0.1, 0.15) is 35.3 Å². The third-order valence-electron chi connectivity index (χ3n) is 6.26. The molecule has 0 spiro atoms. The first-order valence-corrected chi connectivity index (χ1v) is 14.9. The monoisotopic (exact) mass is 613 g/mol. The Hall–Kier alpha value is -4.53. The largest absolute Gasteiger partial charge is 0.494 e. The zero-order valence-electron chi connectivity index (χ0n) is 24.0. The molecule has 0 saturated heterocycles. The van der Waals surface area contributed by atoms with Crippen molar-refractivity contribution in [2.45, 2.75) is 30.9 Å². The van der Waals surface area contributed by atoms with Crippen LogP contribution in [0, 0.1) is 6.92 Å². The summed E-state index contributed by atoms with van der Waals surface area (Å²) in [6, 6.07) is 28.4. The van der Waals surface area contributed by atoms with Gasteiger partial charge in [0.2, 0.25) is 5.91 Å². The minimum atomic E-state index is -0.483. The van der Waals surface area contributed by atoms with E-state index in [2.05, 4.69) is 16.0 Å². The fraction of sp³-hybridized carbons (Fsp3) is 0.147. The number of amides is 3. The summed E-state index contributed by atoms with van der Waals surface area (Å²) in [5, 5.41) is 8.69. The van der Waals surface area contributed by atoms with Crippen LogP contribution in [0.2, 0.25) is 5.02 Å². The lowest BCUT2D eigenvalue weighted by molar-refractivity contribution is -0.115. The first-order chi connectivity index (χ1) is 20.7. The van der Waals surface area contributed by atoms with Crippen molar-refractivity contribution in [3.05, 3.63) is 124 Å². The Kier molecular flexibility index (Phi) is 11.0. The number of hydrogen-bond donors (Lipinski definition) is 3. The second-order valence-electron chi connectivity index (χ2n) is 9.57. The van der Waals surface area contributed by atoms with Crippen LogP contribution >= 0.6 is 23.4 Å². The van der Waals surface area contributed by atoms with Crippen LogP contribution in [-0.2, 0) is 9.59 Å². The van der Waals surface area contributed by atoms with Crippen molar-refractivity contribution in [2.75, 3.05) is 17.2 Å². The normalized spacial score (nSPS) is 11.8. The van der Waals surface area contributed by atoms with E-state index in [9.17, 15) is 14.4 Å². The molecule has 4 rings (SSSR count). The van der Waals surface area contributed by atoms with Crippen molar-refractivity contribution in [3.8, 4) is 5.75 Å². The van der Waals surface area contributed by atoms with Crippen LogP contribution < -0.4 is 20.7 Å². The highest BCUT2D eigenvalue weighted by Gasteiger charge is 2.17. The first-order valence-electron chi connectivity index (χ1n) is 13.7. The molecule has 0 saturated carbocycles. The average Bonchev–Trinajstić information content (AvgIpc) is 3.01. The van der Waals surface area contributed by atoms with Gasteiger partial charge in [-0.05, 0) is 98.6 Å². The van der Waals surface area contributed by atoms with E-state index in [4.69, 9.17) is 16.3 Å². The Morgan fingerprint density at radius 1 is 0.884 bits per heavy atom. The molecule has 3 N–H and O–H groups in total. The number of halogens is 1. The lowest BCUT2D eigenvalue weighted by atomic mass is 10.1. The van der Waals surface area contributed by atoms with Crippen LogP contribution in [0.4, 0.5) is 11.4 Å². The molecule has 0 aliphatic heterocycles. The van der Waals surface area contributed by atoms with Gasteiger partial charge >= 0.3 is 0 Å². The molecule has 0 fully saturated rings. The molecule has 0 bridgehead atoms. The van der Waals surface area contributed by atoms with E-state index in [0.717, 1.165) is 10.5 Å². The SMILES string of the molecule is CCOc1ccc(/C=C(\NC(=O)c2ccccc2)C(=O)Nc2ccc(SC(C)C(=O)Nc3ccc(C)c(Cl)c3)cc2)cc1. The van der Waals surface area contributed by atoms with E-state index in [1.165, 1.54) is 11.8 Å². The maximum Gasteiger partial charge on any atom is 0.272 e. The van der Waals surface area contributed by atoms with E-state index in [1.807, 2.05) is 63.2 Å². The minimum Gasteiger partial charge on any atom is -0.494 e. The lowest BCUT2D eigenvalue weighted by Gasteiger charge is -2.14. The number of hydrogen-bond acceptors (Lipinski definition) is 5. The fourth-order valence-electron chi connectivity index (χ4n) is 3.92. The number of thioether (sulfide) groups is 1. The number of carbonyl (C=O) groups is 3. The van der Waals surface area contributed by atoms with Gasteiger partial charge in [0.15, 0.2) is 0 Å². The van der Waals surface area contributed by atoms with Gasteiger partial charge in [-0.3, -0.25) is 14.4 Å². The van der Waals surface area contributed by atoms with Crippen molar-refractivity contribution in [1.82, 2.24) is 5.32 Å². The van der Waals surface area contributed by atoms with E-state index in [0.29, 0.717) is 39.9 Å². The third kappa shape index (κ3) is 9.23. The van der Waals surface area contributed by atoms with E-state index in [1.54, 1.807) is 60.7 Å². The summed E-state index contributed by atoms with van der Waals surface area (Å²) in [7, 11) is 0. The van der Waals surface area contributed by atoms with Crippen LogP contribution in [0.25, 0.3) is 6.08 Å². The average molecular weight is 614 g/mol. The smallest absolute Gasteiger partial charge is 0.272 e. The Morgan fingerprint density at radius 2 is 1.56 bits per heavy atom. The molecular formula is C34H32ClN3O4S. The number of aryl methyl sites for hydroxylation is 1. The van der Waals surface area contributed by atoms with Crippen molar-refractivity contribution in [2.24, 2.45) is 0 Å². The van der Waals surface area contributed by atoms with Crippen molar-refractivity contribution in [3.63, 3.8) is 0 Å². The number of nitrogens with one attached hydrogen (secondary N) is 3. The van der Waals surface area contributed by atoms with Gasteiger partial charge in [-0.25, -0.2) is 0 Å². The maximum absolute atomic E-state index is 13.3. The maximum atomic E-state index is 13.3. The summed E-state index contributed by atoms with van der Waals surface area (Å²) in [5.41, 5.74) is 3.34. The number of rotatable bonds is 11. The highest BCUT2D eigenvalue weighted by Crippen LogP contribution is 2.27. The molecule has 1 atom stereocenters. The molecule has 0 aromatic heterocycles. The Labute approximate surface area is 260 Å². The molecule has 0 aliphatic carbocycles. The van der Waals surface area contributed by atoms with Crippen LogP contribution in [0.5, 0.6) is 5.75 Å². The van der Waals surface area contributed by atoms with Gasteiger partial charge in [-0.1, -0.05) is 48.0 Å². The molecule has 9 heteroatoms. The molecule has 7 nitrogen and oxygen atoms in total. The second-order valence-corrected chi connectivity index (χ2v) is 11.4. The zero-order chi connectivity index (χ0) is 30.8. The van der Waals surface area contributed by atoms with Crippen molar-refractivity contribution in [1.29, 1.82) is 0 Å². The molecule has 1 unspecified atom stereocenters. The first kappa shape index (κ1) is 31.4. The molecule has 220 valence electrons. The van der Waals surface area contributed by atoms with E-state index < -0.39 is 11.8 Å². The van der Waals surface area contributed by atoms with Gasteiger partial charge in [0.05, 0.1) is 11.9 Å². The number of carbonyl (C=O) groups excluding carboxylic acids is 3. The summed E-state index contributed by atoms with van der Waals surface area (Å²) >= 11 is 7.56. The van der Waals surface area contributed by atoms with Crippen molar-refractivity contribution >= 4 is 58.5 Å². The predicted molar refractivity (Wildman–Crippen MR) is 175 cm³/mol. The highest BCUT2D eigenvalue weighted by molar-refractivity contribution is 8.00. The van der Waals surface area contributed by atoms with E-state index in [-0.39, 0.29) is 16.9 Å². The van der Waals surface area contributed by atoms with Gasteiger partial charge in [0.1, 0.15) is 11.4 Å². The molecule has 0 radical (unpaired) electrons. The molecule has 0 heterocycles. The fourth-order valence-corrected chi connectivity index (χ4v) is 4.97. The summed E-state index contributed by atoms with van der Waals surface area (Å²) < 4.78 is 5.50. The van der Waals surface area contributed by atoms with Gasteiger partial charge in [0.25, 0.3) is 11.8 Å². The quantitative estimate of drug-likeness (QED) is 0.120. The van der Waals surface area contributed by atoms with Gasteiger partial charge in [-0.2, -0.15) is 0 Å². The summed E-state index contributed by atoms with van der Waals surface area (Å²) in [6.07, 6.45) is 1.61. The topological polar surface area (TPSA) is 96.5 Å². The van der Waals surface area contributed by atoms with Gasteiger partial charge in [-0.15, -0.1) is 11.8 Å². The number of anilines is 2. The van der Waals surface area contributed by atoms with Gasteiger partial charge in [0, 0.05) is 26.9 Å². The van der Waals surface area contributed by atoms with Crippen molar-refractivity contribution < 1.29 is 19.1 Å². The standard InChI is InChI=1S/C34H32ClN3O4S/c1-4-42-28-16-11-24(12-17-28)20-31(38-33(40)25-8-6-5-7-9-25)34(41)36-26-14-18-29(19-15-26)43-23(3)32(39)37-27-13-10-22(2)30(35)21-27/h5-21,23H,4H2,1-3H3,(H,36,41)(H,37,39)(H,38,40)/b31-20-. The Bertz CT molecular complexity index is 1610. The van der Waals surface area contributed by atoms with Gasteiger partial charge < -0.3 is 20.7 Å². The highest BCUT2D eigenvalue weighted by atomic mass is 35.5. The molecule has 43 heavy (non-hydrogen) atoms. The number of benzene rings is 4. The predicted octanol–water partition coefficient (Wildman–Crippen LogP) is 7.58. The molecule has 4 aromatic carbocycles. The van der Waals surface area contributed by atoms with E-state index >= 15 is 0 Å². The molecule has 3 amide bonds. The second kappa shape index (κ2) is 15.1. The molecule has 4 aromatic rings. The number of ether oxygens (including phenoxy) is 1. The summed E-state index contributed by atoms with van der Waals surface area (Å²) in [4.78, 5) is 39.8. The Balaban J connectivity index is 1.43. The molecular weight excluding hydrogens is 582 g/mol. The summed E-state index contributed by atoms with van der Waals surface area (Å²) in [5.74, 6) is -0.327. The lowest BCUT2D eigenvalue weighted by Crippen LogP contribution is -2.30. The molecule has 0 aliphatic rings.